The summed E-state index contributed by atoms with van der Waals surface area (Å²) < 4.78 is 4.52. The minimum absolute atomic E-state index is 0.0249. The number of aromatic nitrogens is 2. The molecule has 0 amide bonds. The van der Waals surface area contributed by atoms with Crippen LogP contribution in [0.2, 0.25) is 0 Å². The lowest BCUT2D eigenvalue weighted by Gasteiger charge is -2.19. The molecular formula is C36H48N6O2. The van der Waals surface area contributed by atoms with Gasteiger partial charge in [0, 0.05) is 60.8 Å². The van der Waals surface area contributed by atoms with Gasteiger partial charge >= 0.3 is 0 Å². The Morgan fingerprint density at radius 1 is 0.477 bits per heavy atom. The van der Waals surface area contributed by atoms with Crippen molar-refractivity contribution in [3.8, 4) is 0 Å². The first-order valence-corrected chi connectivity index (χ1v) is 16.5. The van der Waals surface area contributed by atoms with E-state index in [1.165, 1.54) is 0 Å². The minimum atomic E-state index is 0.0249. The smallest absolute Gasteiger partial charge is 0.197 e. The first-order valence-electron chi connectivity index (χ1n) is 16.5. The number of hydrogen-bond donors (Lipinski definition) is 4. The number of benzene rings is 3. The summed E-state index contributed by atoms with van der Waals surface area (Å²) in [5.41, 5.74) is 14.7. The second kappa shape index (κ2) is 16.0. The van der Waals surface area contributed by atoms with Crippen molar-refractivity contribution in [2.24, 2.45) is 11.5 Å². The third-order valence-electron chi connectivity index (χ3n) is 8.68. The van der Waals surface area contributed by atoms with Crippen LogP contribution in [-0.4, -0.2) is 48.4 Å². The molecule has 0 fully saturated rings. The number of para-hydroxylation sites is 2. The highest BCUT2D eigenvalue weighted by Crippen LogP contribution is 2.27. The van der Waals surface area contributed by atoms with Crippen LogP contribution in [0.3, 0.4) is 0 Å². The lowest BCUT2D eigenvalue weighted by molar-refractivity contribution is 0.562. The molecular weight excluding hydrogens is 548 g/mol. The van der Waals surface area contributed by atoms with E-state index in [4.69, 9.17) is 11.5 Å². The number of hydrogen-bond acceptors (Lipinski definition) is 6. The molecule has 0 bridgehead atoms. The first kappa shape index (κ1) is 31.9. The van der Waals surface area contributed by atoms with Crippen LogP contribution < -0.4 is 33.0 Å². The molecule has 6 N–H and O–H groups in total. The highest BCUT2D eigenvalue weighted by Gasteiger charge is 2.16. The summed E-state index contributed by atoms with van der Waals surface area (Å²) in [5.74, 6) is 0. The Bertz CT molecular complexity index is 1680. The Balaban J connectivity index is 1.51. The summed E-state index contributed by atoms with van der Waals surface area (Å²) in [6, 6.07) is 19.7. The molecule has 0 atom stereocenters. The van der Waals surface area contributed by atoms with Crippen LogP contribution in [0.15, 0.2) is 70.3 Å². The Morgan fingerprint density at radius 3 is 1.32 bits per heavy atom. The molecule has 0 radical (unpaired) electrons. The maximum atomic E-state index is 13.9. The number of pyridine rings is 2. The fourth-order valence-electron chi connectivity index (χ4n) is 6.42. The molecule has 0 saturated heterocycles. The molecule has 5 aromatic rings. The predicted octanol–water partition coefficient (Wildman–Crippen LogP) is 4.84. The van der Waals surface area contributed by atoms with Gasteiger partial charge in [0.15, 0.2) is 10.9 Å². The van der Waals surface area contributed by atoms with Crippen LogP contribution in [0.25, 0.3) is 43.6 Å². The molecule has 2 aromatic heterocycles. The summed E-state index contributed by atoms with van der Waals surface area (Å²) >= 11 is 0. The van der Waals surface area contributed by atoms with E-state index in [0.717, 1.165) is 123 Å². The number of aryl methyl sites for hydroxylation is 2. The maximum Gasteiger partial charge on any atom is 0.197 e. The van der Waals surface area contributed by atoms with Gasteiger partial charge in [-0.15, -0.1) is 0 Å². The highest BCUT2D eigenvalue weighted by atomic mass is 16.1. The average Bonchev–Trinajstić information content (AvgIpc) is 3.05. The molecule has 234 valence electrons. The van der Waals surface area contributed by atoms with Crippen molar-refractivity contribution in [2.45, 2.75) is 64.5 Å². The molecule has 0 spiro atoms. The van der Waals surface area contributed by atoms with Gasteiger partial charge < -0.3 is 31.2 Å². The SMILES string of the molecule is NCCNCCCCCCn1c2ccccc2c(=O)c2cc3c(cc21)c(=O)c1ccccc1n3CCCCCCNCCN. The van der Waals surface area contributed by atoms with E-state index in [1.807, 2.05) is 60.7 Å². The predicted molar refractivity (Wildman–Crippen MR) is 186 cm³/mol. The van der Waals surface area contributed by atoms with E-state index < -0.39 is 0 Å². The third-order valence-corrected chi connectivity index (χ3v) is 8.68. The van der Waals surface area contributed by atoms with Crippen molar-refractivity contribution in [3.05, 3.63) is 81.1 Å². The zero-order chi connectivity index (χ0) is 30.7. The summed E-state index contributed by atoms with van der Waals surface area (Å²) in [7, 11) is 0. The van der Waals surface area contributed by atoms with Crippen molar-refractivity contribution in [2.75, 3.05) is 39.3 Å². The summed E-state index contributed by atoms with van der Waals surface area (Å²) in [6.07, 6.45) is 8.71. The Labute approximate surface area is 259 Å². The lowest BCUT2D eigenvalue weighted by atomic mass is 10.0. The van der Waals surface area contributed by atoms with Gasteiger partial charge in [-0.25, -0.2) is 0 Å². The van der Waals surface area contributed by atoms with E-state index in [-0.39, 0.29) is 10.9 Å². The Kier molecular flexibility index (Phi) is 11.5. The topological polar surface area (TPSA) is 120 Å². The summed E-state index contributed by atoms with van der Waals surface area (Å²) in [4.78, 5) is 27.8. The second-order valence-electron chi connectivity index (χ2n) is 11.8. The van der Waals surface area contributed by atoms with Gasteiger partial charge in [0.1, 0.15) is 0 Å². The average molecular weight is 597 g/mol. The van der Waals surface area contributed by atoms with E-state index in [9.17, 15) is 9.59 Å². The molecule has 0 unspecified atom stereocenters. The zero-order valence-electron chi connectivity index (χ0n) is 26.0. The van der Waals surface area contributed by atoms with Crippen LogP contribution in [0.5, 0.6) is 0 Å². The summed E-state index contributed by atoms with van der Waals surface area (Å²) in [5, 5.41) is 9.53. The molecule has 8 nitrogen and oxygen atoms in total. The van der Waals surface area contributed by atoms with Gasteiger partial charge in [-0.05, 0) is 75.2 Å². The minimum Gasteiger partial charge on any atom is -0.340 e. The molecule has 5 rings (SSSR count). The number of nitrogens with two attached hydrogens (primary N) is 2. The number of nitrogens with zero attached hydrogens (tertiary/aromatic N) is 2. The fourth-order valence-corrected chi connectivity index (χ4v) is 6.42. The van der Waals surface area contributed by atoms with Gasteiger partial charge in [-0.3, -0.25) is 9.59 Å². The monoisotopic (exact) mass is 596 g/mol. The van der Waals surface area contributed by atoms with Crippen LogP contribution in [0.4, 0.5) is 0 Å². The normalized spacial score (nSPS) is 11.9. The van der Waals surface area contributed by atoms with Crippen LogP contribution >= 0.6 is 0 Å². The van der Waals surface area contributed by atoms with E-state index in [1.54, 1.807) is 0 Å². The van der Waals surface area contributed by atoms with Gasteiger partial charge in [0.05, 0.1) is 22.1 Å². The molecule has 0 aliphatic carbocycles. The second-order valence-corrected chi connectivity index (χ2v) is 11.8. The van der Waals surface area contributed by atoms with Crippen molar-refractivity contribution >= 4 is 43.6 Å². The maximum absolute atomic E-state index is 13.9. The molecule has 8 heteroatoms. The lowest BCUT2D eigenvalue weighted by Crippen LogP contribution is -2.23. The van der Waals surface area contributed by atoms with Gasteiger partial charge in [0.2, 0.25) is 0 Å². The number of unbranched alkanes of at least 4 members (excludes halogenated alkanes) is 6. The molecule has 44 heavy (non-hydrogen) atoms. The van der Waals surface area contributed by atoms with Crippen molar-refractivity contribution in [1.29, 1.82) is 0 Å². The number of rotatable bonds is 18. The van der Waals surface area contributed by atoms with E-state index >= 15 is 0 Å². The van der Waals surface area contributed by atoms with Crippen molar-refractivity contribution in [3.63, 3.8) is 0 Å². The van der Waals surface area contributed by atoms with Crippen LogP contribution in [0.1, 0.15) is 51.4 Å². The van der Waals surface area contributed by atoms with Crippen LogP contribution in [0, 0.1) is 0 Å². The largest absolute Gasteiger partial charge is 0.340 e. The van der Waals surface area contributed by atoms with E-state index in [2.05, 4.69) is 19.8 Å². The Morgan fingerprint density at radius 2 is 0.886 bits per heavy atom. The fraction of sp³-hybridized carbons (Fsp3) is 0.444. The third kappa shape index (κ3) is 7.21. The first-order chi connectivity index (χ1) is 21.7. The van der Waals surface area contributed by atoms with Crippen molar-refractivity contribution in [1.82, 2.24) is 19.8 Å². The van der Waals surface area contributed by atoms with Crippen LogP contribution in [-0.2, 0) is 13.1 Å². The summed E-state index contributed by atoms with van der Waals surface area (Å²) in [6.45, 7) is 6.59. The van der Waals surface area contributed by atoms with Gasteiger partial charge in [0.25, 0.3) is 0 Å². The Hall–Kier alpha value is -3.56. The van der Waals surface area contributed by atoms with Gasteiger partial charge in [-0.2, -0.15) is 0 Å². The number of nitrogens with one attached hydrogen (secondary N) is 2. The highest BCUT2D eigenvalue weighted by molar-refractivity contribution is 6.03. The zero-order valence-corrected chi connectivity index (χ0v) is 26.0. The molecule has 3 aromatic carbocycles. The van der Waals surface area contributed by atoms with Gasteiger partial charge in [-0.1, -0.05) is 49.9 Å². The molecule has 0 saturated carbocycles. The number of fused-ring (bicyclic) bond motifs is 4. The quantitative estimate of drug-likeness (QED) is 0.0849. The molecule has 0 aliphatic heterocycles. The van der Waals surface area contributed by atoms with Crippen molar-refractivity contribution < 1.29 is 0 Å². The van der Waals surface area contributed by atoms with E-state index in [0.29, 0.717) is 23.9 Å². The molecule has 0 aliphatic rings. The standard InChI is InChI=1S/C36H48N6O2/c37-17-21-39-19-9-1-3-11-23-41-31-15-7-5-13-27(31)35(43)29-26-34-30(25-33(29)41)36(44)28-14-6-8-16-32(28)42(34)24-12-4-2-10-20-40-22-18-38/h5-8,13-16,25-26,39-40H,1-4,9-12,17-24,37-38H2. The molecule has 2 heterocycles.